The zero-order valence-electron chi connectivity index (χ0n) is 11.5. The number of hydrogen-bond acceptors (Lipinski definition) is 3. The Morgan fingerprint density at radius 1 is 1.11 bits per heavy atom. The Labute approximate surface area is 112 Å². The first-order valence-electron chi connectivity index (χ1n) is 6.07. The Bertz CT molecular complexity index is 641. The second kappa shape index (κ2) is 4.80. The number of nitrogens with one attached hydrogen (secondary N) is 1. The SMILES string of the molecule is Cc1cc(C(=O)Nc2cc(C)c(O)cc2C)c(C)o1. The molecule has 100 valence electrons. The number of anilines is 1. The first-order valence-corrected chi connectivity index (χ1v) is 6.07. The molecule has 2 N–H and O–H groups in total. The van der Waals surface area contributed by atoms with Crippen LogP contribution in [0.3, 0.4) is 0 Å². The molecule has 1 aromatic heterocycles. The van der Waals surface area contributed by atoms with Crippen molar-refractivity contribution >= 4 is 11.6 Å². The van der Waals surface area contributed by atoms with Gasteiger partial charge in [0.25, 0.3) is 5.91 Å². The molecule has 0 unspecified atom stereocenters. The maximum Gasteiger partial charge on any atom is 0.259 e. The predicted molar refractivity (Wildman–Crippen MR) is 73.7 cm³/mol. The second-order valence-electron chi connectivity index (χ2n) is 4.73. The van der Waals surface area contributed by atoms with Gasteiger partial charge in [-0.15, -0.1) is 0 Å². The van der Waals surface area contributed by atoms with Gasteiger partial charge in [-0.3, -0.25) is 4.79 Å². The average molecular weight is 259 g/mol. The number of hydrogen-bond donors (Lipinski definition) is 2. The molecule has 4 nitrogen and oxygen atoms in total. The van der Waals surface area contributed by atoms with Crippen LogP contribution in [-0.2, 0) is 0 Å². The van der Waals surface area contributed by atoms with Crippen molar-refractivity contribution < 1.29 is 14.3 Å². The minimum Gasteiger partial charge on any atom is -0.508 e. The van der Waals surface area contributed by atoms with E-state index in [-0.39, 0.29) is 11.7 Å². The first kappa shape index (κ1) is 13.2. The Morgan fingerprint density at radius 2 is 1.79 bits per heavy atom. The van der Waals surface area contributed by atoms with Crippen LogP contribution in [0.2, 0.25) is 0 Å². The van der Waals surface area contributed by atoms with E-state index in [0.29, 0.717) is 22.8 Å². The number of phenolic OH excluding ortho intramolecular Hbond substituents is 1. The molecule has 0 bridgehead atoms. The molecule has 2 rings (SSSR count). The zero-order valence-corrected chi connectivity index (χ0v) is 11.5. The van der Waals surface area contributed by atoms with Gasteiger partial charge in [-0.1, -0.05) is 0 Å². The lowest BCUT2D eigenvalue weighted by Crippen LogP contribution is -2.13. The highest BCUT2D eigenvalue weighted by molar-refractivity contribution is 6.05. The van der Waals surface area contributed by atoms with Crippen LogP contribution in [0.1, 0.15) is 33.0 Å². The number of benzene rings is 1. The molecule has 0 aliphatic carbocycles. The van der Waals surface area contributed by atoms with Crippen LogP contribution in [0.5, 0.6) is 5.75 Å². The monoisotopic (exact) mass is 259 g/mol. The lowest BCUT2D eigenvalue weighted by atomic mass is 10.1. The van der Waals surface area contributed by atoms with Gasteiger partial charge < -0.3 is 14.8 Å². The van der Waals surface area contributed by atoms with Gasteiger partial charge in [0.15, 0.2) is 0 Å². The Morgan fingerprint density at radius 3 is 2.37 bits per heavy atom. The van der Waals surface area contributed by atoms with Crippen molar-refractivity contribution in [2.75, 3.05) is 5.32 Å². The summed E-state index contributed by atoms with van der Waals surface area (Å²) < 4.78 is 5.35. The summed E-state index contributed by atoms with van der Waals surface area (Å²) in [6, 6.07) is 5.11. The lowest BCUT2D eigenvalue weighted by Gasteiger charge is -2.10. The molecule has 1 heterocycles. The molecule has 2 aromatic rings. The molecule has 0 atom stereocenters. The second-order valence-corrected chi connectivity index (χ2v) is 4.73. The minimum absolute atomic E-state index is 0.206. The number of carbonyl (C=O) groups excluding carboxylic acids is 1. The molecule has 19 heavy (non-hydrogen) atoms. The van der Waals surface area contributed by atoms with Crippen molar-refractivity contribution in [2.45, 2.75) is 27.7 Å². The molecule has 0 saturated heterocycles. The van der Waals surface area contributed by atoms with Crippen LogP contribution in [0.15, 0.2) is 22.6 Å². The molecule has 1 amide bonds. The predicted octanol–water partition coefficient (Wildman–Crippen LogP) is 3.47. The molecular weight excluding hydrogens is 242 g/mol. The lowest BCUT2D eigenvalue weighted by molar-refractivity contribution is 0.102. The normalized spacial score (nSPS) is 10.5. The van der Waals surface area contributed by atoms with Crippen LogP contribution in [0.4, 0.5) is 5.69 Å². The third-order valence-electron chi connectivity index (χ3n) is 3.08. The Kier molecular flexibility index (Phi) is 3.34. The number of amides is 1. The smallest absolute Gasteiger partial charge is 0.259 e. The maximum absolute atomic E-state index is 12.2. The summed E-state index contributed by atoms with van der Waals surface area (Å²) in [4.78, 5) is 12.2. The quantitative estimate of drug-likeness (QED) is 0.812. The third kappa shape index (κ3) is 2.62. The molecule has 4 heteroatoms. The van der Waals surface area contributed by atoms with Gasteiger partial charge in [-0.2, -0.15) is 0 Å². The largest absolute Gasteiger partial charge is 0.508 e. The van der Waals surface area contributed by atoms with Gasteiger partial charge in [0, 0.05) is 5.69 Å². The third-order valence-corrected chi connectivity index (χ3v) is 3.08. The van der Waals surface area contributed by atoms with Crippen LogP contribution >= 0.6 is 0 Å². The van der Waals surface area contributed by atoms with E-state index in [1.54, 1.807) is 39.0 Å². The summed E-state index contributed by atoms with van der Waals surface area (Å²) in [5, 5.41) is 12.4. The highest BCUT2D eigenvalue weighted by atomic mass is 16.3. The van der Waals surface area contributed by atoms with Crippen molar-refractivity contribution in [2.24, 2.45) is 0 Å². The molecule has 0 aliphatic rings. The molecule has 0 fully saturated rings. The van der Waals surface area contributed by atoms with Gasteiger partial charge in [0.2, 0.25) is 0 Å². The molecular formula is C15H17NO3. The molecule has 0 aliphatic heterocycles. The van der Waals surface area contributed by atoms with Crippen molar-refractivity contribution in [3.8, 4) is 5.75 Å². The van der Waals surface area contributed by atoms with Crippen molar-refractivity contribution in [3.05, 3.63) is 46.4 Å². The number of aryl methyl sites for hydroxylation is 4. The van der Waals surface area contributed by atoms with E-state index < -0.39 is 0 Å². The molecule has 0 radical (unpaired) electrons. The zero-order chi connectivity index (χ0) is 14.2. The van der Waals surface area contributed by atoms with Crippen LogP contribution in [0, 0.1) is 27.7 Å². The fraction of sp³-hybridized carbons (Fsp3) is 0.267. The first-order chi connectivity index (χ1) is 8.88. The van der Waals surface area contributed by atoms with Crippen molar-refractivity contribution in [1.29, 1.82) is 0 Å². The van der Waals surface area contributed by atoms with E-state index >= 15 is 0 Å². The van der Waals surface area contributed by atoms with Gasteiger partial charge >= 0.3 is 0 Å². The van der Waals surface area contributed by atoms with E-state index in [1.807, 2.05) is 6.92 Å². The molecule has 0 saturated carbocycles. The van der Waals surface area contributed by atoms with E-state index in [2.05, 4.69) is 5.32 Å². The van der Waals surface area contributed by atoms with Gasteiger partial charge in [-0.05, 0) is 57.0 Å². The summed E-state index contributed by atoms with van der Waals surface area (Å²) in [5.74, 6) is 1.33. The number of aromatic hydroxyl groups is 1. The highest BCUT2D eigenvalue weighted by Crippen LogP contribution is 2.26. The van der Waals surface area contributed by atoms with Gasteiger partial charge in [0.1, 0.15) is 17.3 Å². The van der Waals surface area contributed by atoms with E-state index in [4.69, 9.17) is 4.42 Å². The summed E-state index contributed by atoms with van der Waals surface area (Å²) in [7, 11) is 0. The average Bonchev–Trinajstić information content (AvgIpc) is 2.65. The van der Waals surface area contributed by atoms with Crippen molar-refractivity contribution in [1.82, 2.24) is 0 Å². The summed E-state index contributed by atoms with van der Waals surface area (Å²) in [6.07, 6.45) is 0. The fourth-order valence-corrected chi connectivity index (χ4v) is 1.98. The summed E-state index contributed by atoms with van der Waals surface area (Å²) in [6.45, 7) is 7.19. The Balaban J connectivity index is 2.29. The molecule has 0 spiro atoms. The minimum atomic E-state index is -0.206. The standard InChI is InChI=1S/C15H17NO3/c1-8-6-14(17)9(2)5-13(8)16-15(18)12-7-10(3)19-11(12)4/h5-7,17H,1-4H3,(H,16,18). The summed E-state index contributed by atoms with van der Waals surface area (Å²) in [5.41, 5.74) is 2.76. The van der Waals surface area contributed by atoms with E-state index in [9.17, 15) is 9.90 Å². The highest BCUT2D eigenvalue weighted by Gasteiger charge is 2.15. The van der Waals surface area contributed by atoms with Crippen LogP contribution in [0.25, 0.3) is 0 Å². The summed E-state index contributed by atoms with van der Waals surface area (Å²) >= 11 is 0. The fourth-order valence-electron chi connectivity index (χ4n) is 1.98. The van der Waals surface area contributed by atoms with Crippen LogP contribution < -0.4 is 5.32 Å². The van der Waals surface area contributed by atoms with E-state index in [1.165, 1.54) is 0 Å². The number of rotatable bonds is 2. The maximum atomic E-state index is 12.2. The number of phenols is 1. The van der Waals surface area contributed by atoms with Gasteiger partial charge in [0.05, 0.1) is 5.56 Å². The van der Waals surface area contributed by atoms with E-state index in [0.717, 1.165) is 11.1 Å². The topological polar surface area (TPSA) is 62.5 Å². The van der Waals surface area contributed by atoms with Gasteiger partial charge in [-0.25, -0.2) is 0 Å². The Hall–Kier alpha value is -2.23. The molecule has 1 aromatic carbocycles. The number of furan rings is 1. The van der Waals surface area contributed by atoms with Crippen molar-refractivity contribution in [3.63, 3.8) is 0 Å². The van der Waals surface area contributed by atoms with Crippen LogP contribution in [-0.4, -0.2) is 11.0 Å². The number of carbonyl (C=O) groups is 1.